The van der Waals surface area contributed by atoms with Crippen LogP contribution >= 0.6 is 23.2 Å². The maximum absolute atomic E-state index is 12.2. The van der Waals surface area contributed by atoms with Gasteiger partial charge < -0.3 is 19.0 Å². The second kappa shape index (κ2) is 7.85. The number of anilines is 1. The predicted molar refractivity (Wildman–Crippen MR) is 98.9 cm³/mol. The number of aromatic nitrogens is 1. The maximum Gasteiger partial charge on any atom is 0.375 e. The quantitative estimate of drug-likeness (QED) is 0.612. The van der Waals surface area contributed by atoms with Crippen LogP contribution in [0.15, 0.2) is 45.3 Å². The summed E-state index contributed by atoms with van der Waals surface area (Å²) in [6.07, 6.45) is -1.07. The number of nitrogens with zero attached hydrogens (tertiary/aromatic N) is 1. The van der Waals surface area contributed by atoms with Crippen LogP contribution in [0.2, 0.25) is 10.0 Å². The summed E-state index contributed by atoms with van der Waals surface area (Å²) < 4.78 is 15.5. The third kappa shape index (κ3) is 4.32. The summed E-state index contributed by atoms with van der Waals surface area (Å²) in [7, 11) is 0. The Morgan fingerprint density at radius 1 is 1.22 bits per heavy atom. The van der Waals surface area contributed by atoms with Gasteiger partial charge in [0.2, 0.25) is 5.76 Å². The van der Waals surface area contributed by atoms with Crippen LogP contribution in [-0.4, -0.2) is 23.1 Å². The first-order chi connectivity index (χ1) is 12.8. The molecular weight excluding hydrogens is 395 g/mol. The van der Waals surface area contributed by atoms with Gasteiger partial charge in [0.05, 0.1) is 10.0 Å². The molecule has 3 rings (SSSR count). The SMILES string of the molecule is Cc1cc(NC(=O)[C@H](C)OC(=O)c2ccc(-c3cccc(Cl)c3Cl)o2)no1. The van der Waals surface area contributed by atoms with Gasteiger partial charge in [-0.15, -0.1) is 0 Å². The monoisotopic (exact) mass is 408 g/mol. The highest BCUT2D eigenvalue weighted by Gasteiger charge is 2.23. The number of furan rings is 1. The van der Waals surface area contributed by atoms with Crippen molar-refractivity contribution < 1.29 is 23.3 Å². The molecule has 1 atom stereocenters. The fourth-order valence-electron chi connectivity index (χ4n) is 2.21. The van der Waals surface area contributed by atoms with Crippen LogP contribution in [0.4, 0.5) is 5.82 Å². The summed E-state index contributed by atoms with van der Waals surface area (Å²) in [5.74, 6) is -0.295. The molecule has 0 aliphatic heterocycles. The standard InChI is InChI=1S/C18H14Cl2N2O5/c1-9-8-15(22-27-9)21-17(23)10(2)25-18(24)14-7-6-13(26-14)11-4-3-5-12(19)16(11)20/h3-8,10H,1-2H3,(H,21,22,23)/t10-/m0/s1. The van der Waals surface area contributed by atoms with E-state index in [0.717, 1.165) is 0 Å². The van der Waals surface area contributed by atoms with E-state index >= 15 is 0 Å². The van der Waals surface area contributed by atoms with Crippen LogP contribution in [0.25, 0.3) is 11.3 Å². The zero-order valence-corrected chi connectivity index (χ0v) is 15.8. The number of hydrogen-bond donors (Lipinski definition) is 1. The van der Waals surface area contributed by atoms with E-state index in [-0.39, 0.29) is 11.6 Å². The Hall–Kier alpha value is -2.77. The molecule has 0 aliphatic rings. The topological polar surface area (TPSA) is 94.6 Å². The number of nitrogens with one attached hydrogen (secondary N) is 1. The van der Waals surface area contributed by atoms with Crippen LogP contribution in [0, 0.1) is 6.92 Å². The van der Waals surface area contributed by atoms with Gasteiger partial charge in [0, 0.05) is 11.6 Å². The molecule has 140 valence electrons. The Labute approximate surface area is 164 Å². The van der Waals surface area contributed by atoms with E-state index in [1.165, 1.54) is 13.0 Å². The molecule has 0 saturated carbocycles. The van der Waals surface area contributed by atoms with E-state index in [2.05, 4.69) is 10.5 Å². The van der Waals surface area contributed by atoms with Gasteiger partial charge >= 0.3 is 5.97 Å². The van der Waals surface area contributed by atoms with Crippen molar-refractivity contribution in [3.8, 4) is 11.3 Å². The highest BCUT2D eigenvalue weighted by Crippen LogP contribution is 2.34. The van der Waals surface area contributed by atoms with Crippen LogP contribution in [0.3, 0.4) is 0 Å². The van der Waals surface area contributed by atoms with E-state index in [9.17, 15) is 9.59 Å². The van der Waals surface area contributed by atoms with Crippen molar-refractivity contribution in [3.05, 3.63) is 58.0 Å². The van der Waals surface area contributed by atoms with E-state index in [1.54, 1.807) is 37.3 Å². The molecule has 9 heteroatoms. The van der Waals surface area contributed by atoms with Gasteiger partial charge in [-0.3, -0.25) is 4.79 Å². The average Bonchev–Trinajstić information content (AvgIpc) is 3.26. The number of carbonyl (C=O) groups excluding carboxylic acids is 2. The van der Waals surface area contributed by atoms with Crippen molar-refractivity contribution in [1.82, 2.24) is 5.16 Å². The normalized spacial score (nSPS) is 11.9. The molecule has 27 heavy (non-hydrogen) atoms. The molecule has 1 amide bonds. The summed E-state index contributed by atoms with van der Waals surface area (Å²) in [6, 6.07) is 9.60. The van der Waals surface area contributed by atoms with Crippen LogP contribution in [0.1, 0.15) is 23.2 Å². The number of aryl methyl sites for hydroxylation is 1. The van der Waals surface area contributed by atoms with Crippen molar-refractivity contribution in [2.24, 2.45) is 0 Å². The third-order valence-electron chi connectivity index (χ3n) is 3.56. The minimum absolute atomic E-state index is 0.0713. The minimum Gasteiger partial charge on any atom is -0.449 e. The van der Waals surface area contributed by atoms with Crippen molar-refractivity contribution in [2.45, 2.75) is 20.0 Å². The lowest BCUT2D eigenvalue weighted by Gasteiger charge is -2.11. The first-order valence-electron chi connectivity index (χ1n) is 7.84. The highest BCUT2D eigenvalue weighted by molar-refractivity contribution is 6.43. The van der Waals surface area contributed by atoms with Gasteiger partial charge in [-0.25, -0.2) is 4.79 Å². The van der Waals surface area contributed by atoms with E-state index < -0.39 is 18.0 Å². The van der Waals surface area contributed by atoms with Crippen LogP contribution in [-0.2, 0) is 9.53 Å². The Morgan fingerprint density at radius 2 is 2.00 bits per heavy atom. The molecule has 2 heterocycles. The Kier molecular flexibility index (Phi) is 5.53. The Balaban J connectivity index is 1.67. The number of carbonyl (C=O) groups is 2. The lowest BCUT2D eigenvalue weighted by Crippen LogP contribution is -2.30. The average molecular weight is 409 g/mol. The minimum atomic E-state index is -1.07. The fourth-order valence-corrected chi connectivity index (χ4v) is 2.61. The summed E-state index contributed by atoms with van der Waals surface area (Å²) >= 11 is 12.1. The van der Waals surface area contributed by atoms with E-state index in [4.69, 9.17) is 36.9 Å². The second-order valence-electron chi connectivity index (χ2n) is 5.62. The molecule has 0 fully saturated rings. The smallest absolute Gasteiger partial charge is 0.375 e. The maximum atomic E-state index is 12.2. The summed E-state index contributed by atoms with van der Waals surface area (Å²) in [6.45, 7) is 3.12. The molecule has 1 aromatic carbocycles. The van der Waals surface area contributed by atoms with Crippen molar-refractivity contribution in [2.75, 3.05) is 5.32 Å². The number of ether oxygens (including phenoxy) is 1. The molecule has 0 unspecified atom stereocenters. The highest BCUT2D eigenvalue weighted by atomic mass is 35.5. The van der Waals surface area contributed by atoms with E-state index in [1.807, 2.05) is 0 Å². The van der Waals surface area contributed by atoms with Crippen LogP contribution in [0.5, 0.6) is 0 Å². The molecule has 0 saturated heterocycles. The third-order valence-corrected chi connectivity index (χ3v) is 4.38. The number of amides is 1. The number of benzene rings is 1. The first-order valence-corrected chi connectivity index (χ1v) is 8.60. The molecule has 0 spiro atoms. The molecule has 3 aromatic rings. The van der Waals surface area contributed by atoms with E-state index in [0.29, 0.717) is 27.1 Å². The number of esters is 1. The van der Waals surface area contributed by atoms with Gasteiger partial charge in [0.25, 0.3) is 5.91 Å². The van der Waals surface area contributed by atoms with Gasteiger partial charge in [-0.05, 0) is 38.1 Å². The van der Waals surface area contributed by atoms with Crippen molar-refractivity contribution >= 4 is 40.9 Å². The van der Waals surface area contributed by atoms with Gasteiger partial charge in [-0.1, -0.05) is 34.4 Å². The predicted octanol–water partition coefficient (Wildman–Crippen LogP) is 4.73. The van der Waals surface area contributed by atoms with Crippen molar-refractivity contribution in [3.63, 3.8) is 0 Å². The van der Waals surface area contributed by atoms with Crippen molar-refractivity contribution in [1.29, 1.82) is 0 Å². The molecule has 2 aromatic heterocycles. The fraction of sp³-hybridized carbons (Fsp3) is 0.167. The molecule has 1 N–H and O–H groups in total. The number of hydrogen-bond acceptors (Lipinski definition) is 6. The number of rotatable bonds is 5. The van der Waals surface area contributed by atoms with Gasteiger partial charge in [0.15, 0.2) is 11.9 Å². The first kappa shape index (κ1) is 19.0. The Morgan fingerprint density at radius 3 is 2.70 bits per heavy atom. The van der Waals surface area contributed by atoms with Crippen LogP contribution < -0.4 is 5.32 Å². The molecule has 0 bridgehead atoms. The summed E-state index contributed by atoms with van der Waals surface area (Å²) in [5, 5.41) is 6.79. The van der Waals surface area contributed by atoms with Gasteiger partial charge in [-0.2, -0.15) is 0 Å². The largest absolute Gasteiger partial charge is 0.449 e. The second-order valence-corrected chi connectivity index (χ2v) is 6.41. The molecular formula is C18H14Cl2N2O5. The van der Waals surface area contributed by atoms with Gasteiger partial charge in [0.1, 0.15) is 11.5 Å². The molecule has 7 nitrogen and oxygen atoms in total. The number of halogens is 2. The zero-order valence-electron chi connectivity index (χ0n) is 14.3. The molecule has 0 radical (unpaired) electrons. The zero-order chi connectivity index (χ0) is 19.6. The lowest BCUT2D eigenvalue weighted by atomic mass is 10.2. The molecule has 0 aliphatic carbocycles. The Bertz CT molecular complexity index is 995. The summed E-state index contributed by atoms with van der Waals surface area (Å²) in [5.41, 5.74) is 0.537. The summed E-state index contributed by atoms with van der Waals surface area (Å²) in [4.78, 5) is 24.3. The lowest BCUT2D eigenvalue weighted by molar-refractivity contribution is -0.123.